The number of carboxylic acid groups (broad SMARTS) is 1. The predicted molar refractivity (Wildman–Crippen MR) is 68.3 cm³/mol. The van der Waals surface area contributed by atoms with E-state index in [0.29, 0.717) is 29.1 Å². The minimum atomic E-state index is -0.876. The van der Waals surface area contributed by atoms with Gasteiger partial charge in [-0.15, -0.1) is 0 Å². The Labute approximate surface area is 110 Å². The van der Waals surface area contributed by atoms with Crippen LogP contribution in [-0.2, 0) is 17.6 Å². The number of hydrogen-bond donors (Lipinski definition) is 1. The Kier molecular flexibility index (Phi) is 3.26. The fourth-order valence-corrected chi connectivity index (χ4v) is 3.38. The van der Waals surface area contributed by atoms with Crippen molar-refractivity contribution in [2.75, 3.05) is 13.2 Å². The zero-order valence-corrected chi connectivity index (χ0v) is 10.8. The number of aromatic nitrogens is 1. The van der Waals surface area contributed by atoms with Gasteiger partial charge in [-0.25, -0.2) is 9.78 Å². The largest absolute Gasteiger partial charge is 0.478 e. The highest BCUT2D eigenvalue weighted by molar-refractivity contribution is 8.00. The molecule has 0 spiro atoms. The molecule has 5 heteroatoms. The first-order valence-corrected chi connectivity index (χ1v) is 7.12. The van der Waals surface area contributed by atoms with Crippen molar-refractivity contribution in [3.05, 3.63) is 22.9 Å². The van der Waals surface area contributed by atoms with Gasteiger partial charge in [0.15, 0.2) is 0 Å². The predicted octanol–water partition coefficient (Wildman–Crippen LogP) is 2.15. The fourth-order valence-electron chi connectivity index (χ4n) is 2.30. The van der Waals surface area contributed by atoms with Crippen LogP contribution in [0.25, 0.3) is 0 Å². The number of carboxylic acids is 1. The van der Waals surface area contributed by atoms with Crippen LogP contribution in [0.4, 0.5) is 0 Å². The molecule has 0 aromatic carbocycles. The zero-order valence-electron chi connectivity index (χ0n) is 10.0. The lowest BCUT2D eigenvalue weighted by atomic mass is 9.95. The van der Waals surface area contributed by atoms with Crippen LogP contribution >= 0.6 is 11.8 Å². The maximum atomic E-state index is 11.3. The highest BCUT2D eigenvalue weighted by atomic mass is 32.2. The van der Waals surface area contributed by atoms with E-state index in [0.717, 1.165) is 36.9 Å². The molecule has 0 amide bonds. The summed E-state index contributed by atoms with van der Waals surface area (Å²) >= 11 is 1.54. The first kappa shape index (κ1) is 12.0. The number of carbonyl (C=O) groups is 1. The summed E-state index contributed by atoms with van der Waals surface area (Å²) in [5.41, 5.74) is 2.56. The van der Waals surface area contributed by atoms with Crippen LogP contribution < -0.4 is 0 Å². The summed E-state index contributed by atoms with van der Waals surface area (Å²) in [5.74, 6) is -0.876. The summed E-state index contributed by atoms with van der Waals surface area (Å²) in [6.45, 7) is 1.39. The molecule has 1 fully saturated rings. The molecule has 2 aliphatic rings. The van der Waals surface area contributed by atoms with Crippen LogP contribution in [-0.4, -0.2) is 34.5 Å². The highest BCUT2D eigenvalue weighted by Crippen LogP contribution is 2.32. The molecule has 0 radical (unpaired) electrons. The van der Waals surface area contributed by atoms with Crippen molar-refractivity contribution in [1.29, 1.82) is 0 Å². The van der Waals surface area contributed by atoms with Crippen LogP contribution in [0.3, 0.4) is 0 Å². The number of fused-ring (bicyclic) bond motifs is 1. The van der Waals surface area contributed by atoms with Crippen molar-refractivity contribution in [1.82, 2.24) is 4.98 Å². The molecule has 0 saturated carbocycles. The number of ether oxygens (including phenoxy) is 1. The Morgan fingerprint density at radius 1 is 1.39 bits per heavy atom. The second-order valence-corrected chi connectivity index (χ2v) is 6.03. The van der Waals surface area contributed by atoms with E-state index in [4.69, 9.17) is 4.74 Å². The van der Waals surface area contributed by atoms with Crippen LogP contribution in [0, 0.1) is 0 Å². The Morgan fingerprint density at radius 2 is 2.17 bits per heavy atom. The van der Waals surface area contributed by atoms with Crippen molar-refractivity contribution in [2.45, 2.75) is 36.0 Å². The molecule has 1 aliphatic carbocycles. The summed E-state index contributed by atoms with van der Waals surface area (Å²) < 4.78 is 5.12. The van der Waals surface area contributed by atoms with Crippen molar-refractivity contribution < 1.29 is 14.6 Å². The maximum absolute atomic E-state index is 11.3. The van der Waals surface area contributed by atoms with E-state index >= 15 is 0 Å². The van der Waals surface area contributed by atoms with E-state index in [1.807, 2.05) is 6.07 Å². The van der Waals surface area contributed by atoms with Crippen molar-refractivity contribution in [2.24, 2.45) is 0 Å². The van der Waals surface area contributed by atoms with Gasteiger partial charge in [0, 0.05) is 5.69 Å². The van der Waals surface area contributed by atoms with Gasteiger partial charge in [0.2, 0.25) is 0 Å². The quantitative estimate of drug-likeness (QED) is 0.907. The molecule has 0 unspecified atom stereocenters. The zero-order chi connectivity index (χ0) is 12.5. The Balaban J connectivity index is 1.95. The Morgan fingerprint density at radius 3 is 2.83 bits per heavy atom. The number of pyridine rings is 1. The lowest BCUT2D eigenvalue weighted by molar-refractivity contribution is 0.0454. The third kappa shape index (κ3) is 2.24. The van der Waals surface area contributed by atoms with Crippen molar-refractivity contribution >= 4 is 17.7 Å². The molecule has 3 rings (SSSR count). The van der Waals surface area contributed by atoms with Crippen LogP contribution in [0.2, 0.25) is 0 Å². The SMILES string of the molecule is O=C(O)c1cc2c(nc1SC1COC1)CCCC2. The van der Waals surface area contributed by atoms with Gasteiger partial charge in [-0.1, -0.05) is 11.8 Å². The Hall–Kier alpha value is -1.07. The molecule has 1 saturated heterocycles. The third-order valence-electron chi connectivity index (χ3n) is 3.38. The summed E-state index contributed by atoms with van der Waals surface area (Å²) in [6.07, 6.45) is 4.23. The normalized spacial score (nSPS) is 19.1. The second-order valence-electron chi connectivity index (χ2n) is 4.74. The van der Waals surface area contributed by atoms with E-state index in [9.17, 15) is 9.90 Å². The fraction of sp³-hybridized carbons (Fsp3) is 0.538. The molecule has 4 nitrogen and oxygen atoms in total. The van der Waals surface area contributed by atoms with E-state index in [2.05, 4.69) is 4.98 Å². The van der Waals surface area contributed by atoms with Crippen LogP contribution in [0.15, 0.2) is 11.1 Å². The van der Waals surface area contributed by atoms with Gasteiger partial charge < -0.3 is 9.84 Å². The maximum Gasteiger partial charge on any atom is 0.338 e. The van der Waals surface area contributed by atoms with Gasteiger partial charge in [-0.05, 0) is 37.3 Å². The number of thioether (sulfide) groups is 1. The number of rotatable bonds is 3. The molecule has 1 N–H and O–H groups in total. The number of hydrogen-bond acceptors (Lipinski definition) is 4. The average Bonchev–Trinajstić information content (AvgIpc) is 2.32. The number of aryl methyl sites for hydroxylation is 2. The first-order chi connectivity index (χ1) is 8.74. The Bertz CT molecular complexity index is 485. The smallest absolute Gasteiger partial charge is 0.338 e. The van der Waals surface area contributed by atoms with Crippen molar-refractivity contribution in [3.63, 3.8) is 0 Å². The number of nitrogens with zero attached hydrogens (tertiary/aromatic N) is 1. The van der Waals surface area contributed by atoms with E-state index in [1.165, 1.54) is 0 Å². The summed E-state index contributed by atoms with van der Waals surface area (Å²) in [4.78, 5) is 15.9. The second kappa shape index (κ2) is 4.90. The summed E-state index contributed by atoms with van der Waals surface area (Å²) in [6, 6.07) is 1.83. The molecule has 96 valence electrons. The molecule has 1 aromatic heterocycles. The minimum absolute atomic E-state index is 0.354. The van der Waals surface area contributed by atoms with Gasteiger partial charge in [-0.2, -0.15) is 0 Å². The molecule has 1 aromatic rings. The highest BCUT2D eigenvalue weighted by Gasteiger charge is 2.25. The lowest BCUT2D eigenvalue weighted by Gasteiger charge is -2.26. The molecular weight excluding hydrogens is 250 g/mol. The summed E-state index contributed by atoms with van der Waals surface area (Å²) in [5, 5.41) is 10.3. The standard InChI is InChI=1S/C13H15NO3S/c15-13(16)10-5-8-3-1-2-4-11(8)14-12(10)18-9-6-17-7-9/h5,9H,1-4,6-7H2,(H,15,16). The molecule has 2 heterocycles. The topological polar surface area (TPSA) is 59.4 Å². The van der Waals surface area contributed by atoms with Crippen LogP contribution in [0.1, 0.15) is 34.5 Å². The van der Waals surface area contributed by atoms with Gasteiger partial charge in [-0.3, -0.25) is 0 Å². The molecule has 18 heavy (non-hydrogen) atoms. The minimum Gasteiger partial charge on any atom is -0.478 e. The van der Waals surface area contributed by atoms with E-state index in [-0.39, 0.29) is 0 Å². The lowest BCUT2D eigenvalue weighted by Crippen LogP contribution is -2.30. The van der Waals surface area contributed by atoms with Gasteiger partial charge in [0.1, 0.15) is 5.03 Å². The first-order valence-electron chi connectivity index (χ1n) is 6.24. The molecule has 0 bridgehead atoms. The molecule has 1 aliphatic heterocycles. The molecular formula is C13H15NO3S. The molecule has 0 atom stereocenters. The number of aromatic carboxylic acids is 1. The van der Waals surface area contributed by atoms with Gasteiger partial charge in [0.05, 0.1) is 24.0 Å². The van der Waals surface area contributed by atoms with Crippen LogP contribution in [0.5, 0.6) is 0 Å². The average molecular weight is 265 g/mol. The summed E-state index contributed by atoms with van der Waals surface area (Å²) in [7, 11) is 0. The van der Waals surface area contributed by atoms with Gasteiger partial charge >= 0.3 is 5.97 Å². The van der Waals surface area contributed by atoms with Gasteiger partial charge in [0.25, 0.3) is 0 Å². The third-order valence-corrected chi connectivity index (χ3v) is 4.52. The van der Waals surface area contributed by atoms with E-state index in [1.54, 1.807) is 11.8 Å². The monoisotopic (exact) mass is 265 g/mol. The van der Waals surface area contributed by atoms with Crippen molar-refractivity contribution in [3.8, 4) is 0 Å². The van der Waals surface area contributed by atoms with E-state index < -0.39 is 5.97 Å².